The Morgan fingerprint density at radius 2 is 0.500 bits per heavy atom. The monoisotopic (exact) mass is 843 g/mol. The zero-order valence-electron chi connectivity index (χ0n) is 38.5. The molecule has 0 aliphatic rings. The van der Waals surface area contributed by atoms with Crippen LogP contribution in [-0.4, -0.2) is 45.8 Å². The van der Waals surface area contributed by atoms with Gasteiger partial charge in [-0.3, -0.25) is 0 Å². The van der Waals surface area contributed by atoms with E-state index >= 15 is 0 Å². The molecule has 0 saturated carbocycles. The molecule has 0 bridgehead atoms. The predicted molar refractivity (Wildman–Crippen MR) is 248 cm³/mol. The number of ether oxygens (including phenoxy) is 1. The number of carbonyl (C=O) groups excluding carboxylic acids is 1. The van der Waals surface area contributed by atoms with Crippen molar-refractivity contribution in [2.45, 2.75) is 264 Å². The van der Waals surface area contributed by atoms with Crippen LogP contribution in [0.2, 0.25) is 0 Å². The molecule has 0 unspecified atom stereocenters. The van der Waals surface area contributed by atoms with Gasteiger partial charge in [0.25, 0.3) is 0 Å². The van der Waals surface area contributed by atoms with Gasteiger partial charge in [0.15, 0.2) is 0 Å². The standard InChI is InChI=1S/C52H90O8/c1-2-3-4-5-6-7-8-9-10-11-12-13-14-15-16-17-18-19-20-21-22-23-24-25-26-27-28-29-30-31-32-33-34-35-36-37-38-39-40-41-42-60-52(59)48-44-46(50(55)56)45(49(53)54)43-47(48)51(57)58/h43-44H,2-42H2,1H3,(H,53,54)(H,55,56)(H,57,58). The summed E-state index contributed by atoms with van der Waals surface area (Å²) < 4.78 is 5.19. The molecule has 0 spiro atoms. The third kappa shape index (κ3) is 31.0. The van der Waals surface area contributed by atoms with Crippen LogP contribution < -0.4 is 0 Å². The summed E-state index contributed by atoms with van der Waals surface area (Å²) in [6.07, 6.45) is 54.6. The molecule has 0 aliphatic carbocycles. The van der Waals surface area contributed by atoms with Crippen molar-refractivity contribution in [1.29, 1.82) is 0 Å². The predicted octanol–water partition coefficient (Wildman–Crippen LogP) is 16.6. The Morgan fingerprint density at radius 1 is 0.317 bits per heavy atom. The SMILES string of the molecule is CCCCCCCCCCCCCCCCCCCCCCCCCCCCCCCCCCCCCCCCCCOC(=O)c1cc(C(=O)O)c(C(=O)O)cc1C(=O)O. The van der Waals surface area contributed by atoms with Crippen LogP contribution >= 0.6 is 0 Å². The van der Waals surface area contributed by atoms with Crippen molar-refractivity contribution >= 4 is 23.9 Å². The summed E-state index contributed by atoms with van der Waals surface area (Å²) in [5.74, 6) is -5.67. The molecule has 8 heteroatoms. The number of carboxylic acid groups (broad SMARTS) is 3. The van der Waals surface area contributed by atoms with Crippen molar-refractivity contribution in [3.05, 3.63) is 34.4 Å². The van der Waals surface area contributed by atoms with Crippen LogP contribution in [0.4, 0.5) is 0 Å². The molecule has 0 aromatic heterocycles. The number of hydrogen-bond acceptors (Lipinski definition) is 5. The van der Waals surface area contributed by atoms with Gasteiger partial charge in [0.05, 0.1) is 28.9 Å². The zero-order valence-corrected chi connectivity index (χ0v) is 38.5. The van der Waals surface area contributed by atoms with Gasteiger partial charge >= 0.3 is 23.9 Å². The van der Waals surface area contributed by atoms with E-state index in [1.54, 1.807) is 0 Å². The summed E-state index contributed by atoms with van der Waals surface area (Å²) in [5.41, 5.74) is -2.42. The number of benzene rings is 1. The molecule has 0 amide bonds. The summed E-state index contributed by atoms with van der Waals surface area (Å²) in [6.45, 7) is 2.38. The van der Waals surface area contributed by atoms with Crippen LogP contribution in [0.3, 0.4) is 0 Å². The Morgan fingerprint density at radius 3 is 0.717 bits per heavy atom. The van der Waals surface area contributed by atoms with Crippen molar-refractivity contribution in [3.63, 3.8) is 0 Å². The Bertz CT molecular complexity index is 1230. The molecular weight excluding hydrogens is 753 g/mol. The molecule has 0 radical (unpaired) electrons. The Kier molecular flexibility index (Phi) is 36.9. The van der Waals surface area contributed by atoms with E-state index in [1.807, 2.05) is 0 Å². The number of hydrogen-bond donors (Lipinski definition) is 3. The molecule has 1 aromatic rings. The lowest BCUT2D eigenvalue weighted by molar-refractivity contribution is 0.0486. The molecule has 1 rings (SSSR count). The average molecular weight is 843 g/mol. The van der Waals surface area contributed by atoms with Crippen molar-refractivity contribution in [2.75, 3.05) is 6.61 Å². The minimum Gasteiger partial charge on any atom is -0.478 e. The van der Waals surface area contributed by atoms with E-state index < -0.39 is 46.1 Å². The van der Waals surface area contributed by atoms with E-state index in [0.29, 0.717) is 12.5 Å². The number of unbranched alkanes of at least 4 members (excludes halogenated alkanes) is 39. The molecule has 0 aliphatic heterocycles. The maximum absolute atomic E-state index is 12.5. The number of aromatic carboxylic acids is 3. The fraction of sp³-hybridized carbons (Fsp3) is 0.808. The van der Waals surface area contributed by atoms with Crippen LogP contribution in [0, 0.1) is 0 Å². The summed E-state index contributed by atoms with van der Waals surface area (Å²) in [7, 11) is 0. The van der Waals surface area contributed by atoms with Crippen molar-refractivity contribution in [3.8, 4) is 0 Å². The smallest absolute Gasteiger partial charge is 0.339 e. The van der Waals surface area contributed by atoms with E-state index in [2.05, 4.69) is 6.92 Å². The number of carboxylic acids is 3. The molecular formula is C52H90O8. The first-order chi connectivity index (χ1) is 29.3. The first-order valence-electron chi connectivity index (χ1n) is 25.3. The zero-order chi connectivity index (χ0) is 43.7. The maximum Gasteiger partial charge on any atom is 0.339 e. The van der Waals surface area contributed by atoms with Gasteiger partial charge in [-0.05, 0) is 18.6 Å². The van der Waals surface area contributed by atoms with Crippen LogP contribution in [0.15, 0.2) is 12.1 Å². The summed E-state index contributed by atoms with van der Waals surface area (Å²) >= 11 is 0. The van der Waals surface area contributed by atoms with Crippen molar-refractivity contribution in [1.82, 2.24) is 0 Å². The molecule has 0 heterocycles. The third-order valence-electron chi connectivity index (χ3n) is 12.3. The fourth-order valence-electron chi connectivity index (χ4n) is 8.43. The first-order valence-corrected chi connectivity index (χ1v) is 25.3. The lowest BCUT2D eigenvalue weighted by Crippen LogP contribution is -2.17. The van der Waals surface area contributed by atoms with Gasteiger partial charge in [-0.15, -0.1) is 0 Å². The lowest BCUT2D eigenvalue weighted by atomic mass is 9.98. The van der Waals surface area contributed by atoms with Gasteiger partial charge < -0.3 is 20.1 Å². The third-order valence-corrected chi connectivity index (χ3v) is 12.3. The van der Waals surface area contributed by atoms with Crippen LogP contribution in [0.1, 0.15) is 305 Å². The minimum atomic E-state index is -1.59. The van der Waals surface area contributed by atoms with Gasteiger partial charge in [-0.25, -0.2) is 19.2 Å². The van der Waals surface area contributed by atoms with Crippen LogP contribution in [0.5, 0.6) is 0 Å². The Labute approximate surface area is 366 Å². The largest absolute Gasteiger partial charge is 0.478 e. The second-order valence-corrected chi connectivity index (χ2v) is 17.8. The van der Waals surface area contributed by atoms with Gasteiger partial charge in [0, 0.05) is 0 Å². The maximum atomic E-state index is 12.5. The Balaban J connectivity index is 1.78. The average Bonchev–Trinajstić information content (AvgIpc) is 3.23. The molecule has 3 N–H and O–H groups in total. The number of carbonyl (C=O) groups is 4. The van der Waals surface area contributed by atoms with Crippen molar-refractivity contribution in [2.24, 2.45) is 0 Å². The second kappa shape index (κ2) is 40.2. The lowest BCUT2D eigenvalue weighted by Gasteiger charge is -2.10. The number of esters is 1. The fourth-order valence-corrected chi connectivity index (χ4v) is 8.43. The van der Waals surface area contributed by atoms with Gasteiger partial charge in [-0.1, -0.05) is 257 Å². The first kappa shape index (κ1) is 55.1. The molecule has 0 fully saturated rings. The van der Waals surface area contributed by atoms with E-state index in [-0.39, 0.29) is 6.61 Å². The molecule has 8 nitrogen and oxygen atoms in total. The molecule has 0 saturated heterocycles. The van der Waals surface area contributed by atoms with Gasteiger partial charge in [-0.2, -0.15) is 0 Å². The second-order valence-electron chi connectivity index (χ2n) is 17.8. The molecule has 1 aromatic carbocycles. The van der Waals surface area contributed by atoms with E-state index in [1.165, 1.54) is 231 Å². The van der Waals surface area contributed by atoms with E-state index in [9.17, 15) is 34.5 Å². The van der Waals surface area contributed by atoms with Gasteiger partial charge in [0.1, 0.15) is 0 Å². The van der Waals surface area contributed by atoms with Gasteiger partial charge in [0.2, 0.25) is 0 Å². The summed E-state index contributed by atoms with van der Waals surface area (Å²) in [4.78, 5) is 46.9. The highest BCUT2D eigenvalue weighted by Crippen LogP contribution is 2.21. The highest BCUT2D eigenvalue weighted by atomic mass is 16.5. The van der Waals surface area contributed by atoms with Crippen LogP contribution in [0.25, 0.3) is 0 Å². The topological polar surface area (TPSA) is 138 Å². The minimum absolute atomic E-state index is 0.0840. The summed E-state index contributed by atoms with van der Waals surface area (Å²) in [6, 6.07) is 1.46. The van der Waals surface area contributed by atoms with E-state index in [0.717, 1.165) is 25.3 Å². The van der Waals surface area contributed by atoms with Crippen LogP contribution in [-0.2, 0) is 4.74 Å². The highest BCUT2D eigenvalue weighted by molar-refractivity contribution is 6.09. The quantitative estimate of drug-likeness (QED) is 0.0436. The molecule has 0 atom stereocenters. The Hall–Kier alpha value is -2.90. The summed E-state index contributed by atoms with van der Waals surface area (Å²) in [5, 5.41) is 27.9. The number of rotatable bonds is 45. The molecule has 346 valence electrons. The van der Waals surface area contributed by atoms with E-state index in [4.69, 9.17) is 4.74 Å². The normalized spacial score (nSPS) is 11.3. The molecule has 60 heavy (non-hydrogen) atoms. The highest BCUT2D eigenvalue weighted by Gasteiger charge is 2.26. The van der Waals surface area contributed by atoms with Crippen molar-refractivity contribution < 1.29 is 39.2 Å².